The van der Waals surface area contributed by atoms with E-state index in [4.69, 9.17) is 9.72 Å². The molecule has 8 heteroatoms. The van der Waals surface area contributed by atoms with Gasteiger partial charge in [-0.15, -0.1) is 0 Å². The van der Waals surface area contributed by atoms with E-state index in [1.807, 2.05) is 30.3 Å². The van der Waals surface area contributed by atoms with E-state index in [9.17, 15) is 9.90 Å². The Balaban J connectivity index is 1.12. The van der Waals surface area contributed by atoms with Gasteiger partial charge in [-0.25, -0.2) is 9.97 Å². The first-order valence-corrected chi connectivity index (χ1v) is 12.9. The number of anilines is 2. The standard InChI is InChI=1S/C27H35N5O3/c1-17-16-31(23-7-6-21(35-2)15-28-23)8-9-32(17)24-5-3-4-22(29-24)26(33)30-25-19-10-18-11-20(25)14-27(34,12-18)13-19/h3-7,15,17-20,25,34H,8-14,16H2,1-2H3,(H,30,33)/t17-,18?,19?,20?,25-,27-/m1/s1. The zero-order valence-corrected chi connectivity index (χ0v) is 20.6. The molecule has 0 spiro atoms. The molecule has 1 amide bonds. The van der Waals surface area contributed by atoms with E-state index in [-0.39, 0.29) is 18.0 Å². The topological polar surface area (TPSA) is 90.8 Å². The second-order valence-electron chi connectivity index (χ2n) is 11.1. The molecule has 186 valence electrons. The molecule has 2 aromatic rings. The van der Waals surface area contributed by atoms with Gasteiger partial charge in [0, 0.05) is 31.7 Å². The molecule has 3 atom stereocenters. The smallest absolute Gasteiger partial charge is 0.270 e. The van der Waals surface area contributed by atoms with Crippen molar-refractivity contribution >= 4 is 17.5 Å². The van der Waals surface area contributed by atoms with Crippen LogP contribution in [0.15, 0.2) is 36.5 Å². The molecule has 2 aromatic heterocycles. The van der Waals surface area contributed by atoms with Gasteiger partial charge in [-0.3, -0.25) is 4.79 Å². The van der Waals surface area contributed by atoms with Gasteiger partial charge in [0.25, 0.3) is 5.91 Å². The van der Waals surface area contributed by atoms with Crippen LogP contribution in [0, 0.1) is 17.8 Å². The Morgan fingerprint density at radius 3 is 2.57 bits per heavy atom. The number of carbonyl (C=O) groups is 1. The van der Waals surface area contributed by atoms with Crippen LogP contribution in [-0.2, 0) is 0 Å². The summed E-state index contributed by atoms with van der Waals surface area (Å²) in [5, 5.41) is 14.2. The van der Waals surface area contributed by atoms with Crippen LogP contribution >= 0.6 is 0 Å². The molecule has 0 radical (unpaired) electrons. The highest BCUT2D eigenvalue weighted by molar-refractivity contribution is 5.93. The van der Waals surface area contributed by atoms with Crippen molar-refractivity contribution < 1.29 is 14.6 Å². The maximum Gasteiger partial charge on any atom is 0.270 e. The number of aliphatic hydroxyl groups is 1. The predicted molar refractivity (Wildman–Crippen MR) is 134 cm³/mol. The predicted octanol–water partition coefficient (Wildman–Crippen LogP) is 2.87. The monoisotopic (exact) mass is 477 g/mol. The van der Waals surface area contributed by atoms with Crippen LogP contribution in [0.5, 0.6) is 5.75 Å². The molecule has 5 fully saturated rings. The van der Waals surface area contributed by atoms with Gasteiger partial charge in [-0.1, -0.05) is 6.07 Å². The number of hydrogen-bond acceptors (Lipinski definition) is 7. The number of nitrogens with one attached hydrogen (secondary N) is 1. The molecule has 1 aliphatic heterocycles. The summed E-state index contributed by atoms with van der Waals surface area (Å²) in [6.07, 6.45) is 6.60. The number of piperazine rings is 1. The van der Waals surface area contributed by atoms with Crippen molar-refractivity contribution in [2.24, 2.45) is 17.8 Å². The Kier molecular flexibility index (Phi) is 5.59. The van der Waals surface area contributed by atoms with Crippen molar-refractivity contribution in [1.29, 1.82) is 0 Å². The molecular weight excluding hydrogens is 442 g/mol. The molecule has 8 nitrogen and oxygen atoms in total. The minimum absolute atomic E-state index is 0.0926. The largest absolute Gasteiger partial charge is 0.495 e. The molecular formula is C27H35N5O3. The number of hydrogen-bond donors (Lipinski definition) is 2. The van der Waals surface area contributed by atoms with E-state index in [0.717, 1.165) is 69.1 Å². The Hall–Kier alpha value is -2.87. The number of carbonyl (C=O) groups excluding carboxylic acids is 1. The number of ether oxygens (including phenoxy) is 1. The lowest BCUT2D eigenvalue weighted by Crippen LogP contribution is -2.61. The Bertz CT molecular complexity index is 1080. The summed E-state index contributed by atoms with van der Waals surface area (Å²) in [6.45, 7) is 4.65. The summed E-state index contributed by atoms with van der Waals surface area (Å²) in [7, 11) is 1.64. The summed E-state index contributed by atoms with van der Waals surface area (Å²) in [5.41, 5.74) is -0.0170. The normalized spacial score (nSPS) is 33.6. The third kappa shape index (κ3) is 4.22. The fourth-order valence-electron chi connectivity index (χ4n) is 7.34. The van der Waals surface area contributed by atoms with E-state index >= 15 is 0 Å². The average molecular weight is 478 g/mol. The number of amides is 1. The van der Waals surface area contributed by atoms with Crippen LogP contribution in [0.2, 0.25) is 0 Å². The van der Waals surface area contributed by atoms with E-state index < -0.39 is 5.60 Å². The Labute approximate surface area is 206 Å². The maximum absolute atomic E-state index is 13.2. The first kappa shape index (κ1) is 22.6. The molecule has 7 rings (SSSR count). The zero-order valence-electron chi connectivity index (χ0n) is 20.6. The maximum atomic E-state index is 13.2. The molecule has 3 heterocycles. The molecule has 2 unspecified atom stereocenters. The summed E-state index contributed by atoms with van der Waals surface area (Å²) in [6, 6.07) is 10.0. The summed E-state index contributed by atoms with van der Waals surface area (Å²) >= 11 is 0. The SMILES string of the molecule is COc1ccc(N2CCN(c3cccc(C(=O)N[C@H]4C5CC6CC4C[C@](O)(C6)C5)n3)[C@H](C)C2)nc1. The highest BCUT2D eigenvalue weighted by Crippen LogP contribution is 2.55. The van der Waals surface area contributed by atoms with Gasteiger partial charge >= 0.3 is 0 Å². The first-order valence-electron chi connectivity index (χ1n) is 12.9. The number of nitrogens with zero attached hydrogens (tertiary/aromatic N) is 4. The van der Waals surface area contributed by atoms with Crippen LogP contribution in [0.4, 0.5) is 11.6 Å². The second-order valence-corrected chi connectivity index (χ2v) is 11.1. The quantitative estimate of drug-likeness (QED) is 0.684. The second kappa shape index (κ2) is 8.66. The number of pyridine rings is 2. The van der Waals surface area contributed by atoms with Crippen molar-refractivity contribution in [1.82, 2.24) is 15.3 Å². The van der Waals surface area contributed by atoms with E-state index in [2.05, 4.69) is 27.0 Å². The van der Waals surface area contributed by atoms with E-state index in [1.165, 1.54) is 0 Å². The van der Waals surface area contributed by atoms with Crippen molar-refractivity contribution in [3.05, 3.63) is 42.2 Å². The van der Waals surface area contributed by atoms with Gasteiger partial charge in [-0.2, -0.15) is 0 Å². The van der Waals surface area contributed by atoms with Crippen molar-refractivity contribution in [2.45, 2.75) is 56.7 Å². The van der Waals surface area contributed by atoms with E-state index in [0.29, 0.717) is 23.4 Å². The lowest BCUT2D eigenvalue weighted by atomic mass is 9.52. The van der Waals surface area contributed by atoms with Crippen molar-refractivity contribution in [3.8, 4) is 5.75 Å². The number of rotatable bonds is 5. The van der Waals surface area contributed by atoms with Gasteiger partial charge < -0.3 is 25.0 Å². The zero-order chi connectivity index (χ0) is 24.2. The molecule has 0 aromatic carbocycles. The van der Waals surface area contributed by atoms with Gasteiger partial charge in [-0.05, 0) is 81.0 Å². The minimum atomic E-state index is -0.491. The molecule has 4 saturated carbocycles. The highest BCUT2D eigenvalue weighted by atomic mass is 16.5. The lowest BCUT2D eigenvalue weighted by molar-refractivity contribution is -0.136. The first-order chi connectivity index (χ1) is 16.9. The third-order valence-electron chi connectivity index (χ3n) is 8.71. The summed E-state index contributed by atoms with van der Waals surface area (Å²) in [4.78, 5) is 27.1. The molecule has 35 heavy (non-hydrogen) atoms. The van der Waals surface area contributed by atoms with E-state index in [1.54, 1.807) is 13.3 Å². The van der Waals surface area contributed by atoms with Crippen molar-refractivity contribution in [3.63, 3.8) is 0 Å². The van der Waals surface area contributed by atoms with Crippen LogP contribution < -0.4 is 19.9 Å². The molecule has 2 N–H and O–H groups in total. The van der Waals surface area contributed by atoms with Crippen LogP contribution in [0.3, 0.4) is 0 Å². The van der Waals surface area contributed by atoms with Gasteiger partial charge in [0.05, 0.1) is 18.9 Å². The molecule has 1 saturated heterocycles. The molecule has 5 aliphatic rings. The van der Waals surface area contributed by atoms with Gasteiger partial charge in [0.2, 0.25) is 0 Å². The minimum Gasteiger partial charge on any atom is -0.495 e. The van der Waals surface area contributed by atoms with Crippen molar-refractivity contribution in [2.75, 3.05) is 36.5 Å². The van der Waals surface area contributed by atoms with Crippen LogP contribution in [0.1, 0.15) is 49.5 Å². The Morgan fingerprint density at radius 2 is 1.91 bits per heavy atom. The lowest BCUT2D eigenvalue weighted by Gasteiger charge is -2.58. The Morgan fingerprint density at radius 1 is 1.11 bits per heavy atom. The fraction of sp³-hybridized carbons (Fsp3) is 0.593. The number of methoxy groups -OCH3 is 1. The number of aromatic nitrogens is 2. The summed E-state index contributed by atoms with van der Waals surface area (Å²) < 4.78 is 5.22. The highest BCUT2D eigenvalue weighted by Gasteiger charge is 2.55. The third-order valence-corrected chi connectivity index (χ3v) is 8.71. The van der Waals surface area contributed by atoms with Gasteiger partial charge in [0.1, 0.15) is 23.1 Å². The van der Waals surface area contributed by atoms with Crippen LogP contribution in [-0.4, -0.2) is 65.4 Å². The van der Waals surface area contributed by atoms with Gasteiger partial charge in [0.15, 0.2) is 0 Å². The fourth-order valence-corrected chi connectivity index (χ4v) is 7.34. The summed E-state index contributed by atoms with van der Waals surface area (Å²) in [5.74, 6) is 3.84. The molecule has 4 aliphatic carbocycles. The van der Waals surface area contributed by atoms with Crippen LogP contribution in [0.25, 0.3) is 0 Å². The molecule has 4 bridgehead atoms. The average Bonchev–Trinajstić information content (AvgIpc) is 2.85.